The number of halogens is 1. The Morgan fingerprint density at radius 1 is 1.20 bits per heavy atom. The Labute approximate surface area is 155 Å². The lowest BCUT2D eigenvalue weighted by molar-refractivity contribution is 0.144. The van der Waals surface area contributed by atoms with Gasteiger partial charge in [-0.2, -0.15) is 4.98 Å². The zero-order valence-corrected chi connectivity index (χ0v) is 16.2. The van der Waals surface area contributed by atoms with Crippen molar-refractivity contribution in [2.24, 2.45) is 0 Å². The first-order valence-corrected chi connectivity index (χ1v) is 9.25. The van der Waals surface area contributed by atoms with Crippen LogP contribution in [0.1, 0.15) is 26.3 Å². The van der Waals surface area contributed by atoms with Crippen molar-refractivity contribution in [3.63, 3.8) is 0 Å². The Hall–Kier alpha value is -2.01. The van der Waals surface area contributed by atoms with Crippen LogP contribution < -0.4 is 9.47 Å². The van der Waals surface area contributed by atoms with Crippen LogP contribution in [0.2, 0.25) is 0 Å². The van der Waals surface area contributed by atoms with Crippen LogP contribution in [-0.4, -0.2) is 22.3 Å². The van der Waals surface area contributed by atoms with Crippen LogP contribution in [0.3, 0.4) is 0 Å². The Morgan fingerprint density at radius 2 is 1.96 bits per heavy atom. The van der Waals surface area contributed by atoms with E-state index in [-0.39, 0.29) is 11.5 Å². The lowest BCUT2D eigenvalue weighted by atomic mass is 9.87. The van der Waals surface area contributed by atoms with Gasteiger partial charge in [-0.15, -0.1) is 0 Å². The molecule has 25 heavy (non-hydrogen) atoms. The highest BCUT2D eigenvalue weighted by Crippen LogP contribution is 2.30. The predicted octanol–water partition coefficient (Wildman–Crippen LogP) is 4.94. The van der Waals surface area contributed by atoms with Gasteiger partial charge in [-0.05, 0) is 41.3 Å². The minimum atomic E-state index is -0.0159. The van der Waals surface area contributed by atoms with Crippen LogP contribution in [-0.2, 0) is 12.0 Å². The van der Waals surface area contributed by atoms with Gasteiger partial charge in [0.15, 0.2) is 6.10 Å². The van der Waals surface area contributed by atoms with Crippen LogP contribution >= 0.6 is 15.9 Å². The number of imidazole rings is 1. The fraction of sp³-hybridized carbons (Fsp3) is 0.350. The minimum absolute atomic E-state index is 0.0159. The molecule has 4 nitrogen and oxygen atoms in total. The van der Waals surface area contributed by atoms with Crippen LogP contribution in [0.4, 0.5) is 0 Å². The van der Waals surface area contributed by atoms with Gasteiger partial charge in [0.2, 0.25) is 0 Å². The van der Waals surface area contributed by atoms with E-state index < -0.39 is 0 Å². The third-order valence-corrected chi connectivity index (χ3v) is 4.98. The monoisotopic (exact) mass is 400 g/mol. The molecule has 0 bridgehead atoms. The maximum Gasteiger partial charge on any atom is 0.297 e. The molecule has 1 aromatic heterocycles. The third-order valence-electron chi connectivity index (χ3n) is 4.49. The molecule has 2 heterocycles. The van der Waals surface area contributed by atoms with E-state index in [0.29, 0.717) is 12.6 Å². The van der Waals surface area contributed by atoms with Crippen molar-refractivity contribution >= 4 is 27.0 Å². The molecule has 130 valence electrons. The molecule has 0 spiro atoms. The molecule has 0 unspecified atom stereocenters. The van der Waals surface area contributed by atoms with Crippen molar-refractivity contribution in [1.82, 2.24) is 9.55 Å². The highest BCUT2D eigenvalue weighted by Gasteiger charge is 2.27. The number of benzene rings is 2. The Balaban J connectivity index is 1.41. The first-order chi connectivity index (χ1) is 11.9. The van der Waals surface area contributed by atoms with E-state index in [4.69, 9.17) is 9.47 Å². The lowest BCUT2D eigenvalue weighted by Crippen LogP contribution is -2.23. The largest absolute Gasteiger partial charge is 0.490 e. The summed E-state index contributed by atoms with van der Waals surface area (Å²) >= 11 is 3.48. The van der Waals surface area contributed by atoms with Gasteiger partial charge in [0.1, 0.15) is 12.4 Å². The van der Waals surface area contributed by atoms with Crippen molar-refractivity contribution in [1.29, 1.82) is 0 Å². The van der Waals surface area contributed by atoms with Crippen molar-refractivity contribution in [2.45, 2.75) is 38.8 Å². The number of nitrogens with zero attached hydrogens (tertiary/aromatic N) is 2. The molecule has 0 saturated heterocycles. The first kappa shape index (κ1) is 16.5. The van der Waals surface area contributed by atoms with Crippen molar-refractivity contribution in [3.8, 4) is 11.8 Å². The fourth-order valence-electron chi connectivity index (χ4n) is 3.06. The van der Waals surface area contributed by atoms with Gasteiger partial charge in [0, 0.05) is 4.47 Å². The zero-order chi connectivity index (χ0) is 17.6. The second-order valence-electron chi connectivity index (χ2n) is 7.46. The standard InChI is InChI=1S/C20H21BrN2O2/c1-20(2,3)13-4-7-15(8-5-13)24-12-16-11-23-18-9-6-14(21)10-17(18)22-19(23)25-16/h4-10,16H,11-12H2,1-3H3/t16-/m0/s1. The molecule has 2 aromatic carbocycles. The summed E-state index contributed by atoms with van der Waals surface area (Å²) in [6.07, 6.45) is -0.0159. The summed E-state index contributed by atoms with van der Waals surface area (Å²) in [4.78, 5) is 4.55. The lowest BCUT2D eigenvalue weighted by Gasteiger charge is -2.19. The molecule has 1 aliphatic rings. The van der Waals surface area contributed by atoms with E-state index in [0.717, 1.165) is 27.8 Å². The van der Waals surface area contributed by atoms with E-state index in [9.17, 15) is 0 Å². The average molecular weight is 401 g/mol. The third kappa shape index (κ3) is 3.25. The quantitative estimate of drug-likeness (QED) is 0.624. The number of fused-ring (bicyclic) bond motifs is 3. The number of hydrogen-bond acceptors (Lipinski definition) is 3. The number of rotatable bonds is 3. The SMILES string of the molecule is CC(C)(C)c1ccc(OC[C@@H]2Cn3c(nc4cc(Br)ccc43)O2)cc1. The van der Waals surface area contributed by atoms with Gasteiger partial charge in [0.25, 0.3) is 6.01 Å². The molecule has 0 radical (unpaired) electrons. The topological polar surface area (TPSA) is 36.3 Å². The summed E-state index contributed by atoms with van der Waals surface area (Å²) in [5, 5.41) is 0. The van der Waals surface area contributed by atoms with Crippen LogP contribution in [0.5, 0.6) is 11.8 Å². The molecule has 1 atom stereocenters. The maximum absolute atomic E-state index is 5.94. The summed E-state index contributed by atoms with van der Waals surface area (Å²) in [6, 6.07) is 15.1. The van der Waals surface area contributed by atoms with Crippen LogP contribution in [0.15, 0.2) is 46.9 Å². The summed E-state index contributed by atoms with van der Waals surface area (Å²) < 4.78 is 15.0. The molecule has 0 aliphatic carbocycles. The van der Waals surface area contributed by atoms with Gasteiger partial charge < -0.3 is 9.47 Å². The molecule has 1 aliphatic heterocycles. The first-order valence-electron chi connectivity index (χ1n) is 8.46. The fourth-order valence-corrected chi connectivity index (χ4v) is 3.41. The molecule has 0 N–H and O–H groups in total. The molecule has 4 rings (SSSR count). The molecular formula is C20H21BrN2O2. The molecule has 0 amide bonds. The molecule has 0 fully saturated rings. The van der Waals surface area contributed by atoms with Gasteiger partial charge in [-0.1, -0.05) is 48.8 Å². The molecule has 5 heteroatoms. The summed E-state index contributed by atoms with van der Waals surface area (Å²) in [5.41, 5.74) is 3.49. The average Bonchev–Trinajstić information content (AvgIpc) is 3.09. The number of ether oxygens (including phenoxy) is 2. The molecule has 0 saturated carbocycles. The smallest absolute Gasteiger partial charge is 0.297 e. The Bertz CT molecular complexity index is 910. The van der Waals surface area contributed by atoms with Crippen LogP contribution in [0, 0.1) is 0 Å². The van der Waals surface area contributed by atoms with Crippen LogP contribution in [0.25, 0.3) is 11.0 Å². The minimum Gasteiger partial charge on any atom is -0.490 e. The normalized spacial score (nSPS) is 16.7. The summed E-state index contributed by atoms with van der Waals surface area (Å²) in [7, 11) is 0. The van der Waals surface area contributed by atoms with Gasteiger partial charge >= 0.3 is 0 Å². The molecule has 3 aromatic rings. The van der Waals surface area contributed by atoms with Crippen molar-refractivity contribution in [2.75, 3.05) is 6.61 Å². The second-order valence-corrected chi connectivity index (χ2v) is 8.38. The summed E-state index contributed by atoms with van der Waals surface area (Å²) in [5.74, 6) is 0.870. The number of hydrogen-bond donors (Lipinski definition) is 0. The van der Waals surface area contributed by atoms with Gasteiger partial charge in [-0.3, -0.25) is 4.57 Å². The highest BCUT2D eigenvalue weighted by atomic mass is 79.9. The van der Waals surface area contributed by atoms with E-state index in [1.807, 2.05) is 24.3 Å². The zero-order valence-electron chi connectivity index (χ0n) is 14.6. The predicted molar refractivity (Wildman–Crippen MR) is 102 cm³/mol. The van der Waals surface area contributed by atoms with E-state index >= 15 is 0 Å². The van der Waals surface area contributed by atoms with E-state index in [1.54, 1.807) is 0 Å². The highest BCUT2D eigenvalue weighted by molar-refractivity contribution is 9.10. The molecular weight excluding hydrogens is 380 g/mol. The second kappa shape index (κ2) is 6.06. The van der Waals surface area contributed by atoms with Crippen molar-refractivity contribution in [3.05, 3.63) is 52.5 Å². The summed E-state index contributed by atoms with van der Waals surface area (Å²) in [6.45, 7) is 7.89. The van der Waals surface area contributed by atoms with E-state index in [2.05, 4.69) is 64.5 Å². The van der Waals surface area contributed by atoms with Gasteiger partial charge in [0.05, 0.1) is 17.6 Å². The maximum atomic E-state index is 5.94. The Morgan fingerprint density at radius 3 is 2.68 bits per heavy atom. The van der Waals surface area contributed by atoms with Gasteiger partial charge in [-0.25, -0.2) is 0 Å². The Kier molecular flexibility index (Phi) is 3.99. The van der Waals surface area contributed by atoms with E-state index in [1.165, 1.54) is 5.56 Å². The number of aromatic nitrogens is 2. The van der Waals surface area contributed by atoms with Crippen molar-refractivity contribution < 1.29 is 9.47 Å².